The third-order valence-electron chi connectivity index (χ3n) is 4.08. The fourth-order valence-electron chi connectivity index (χ4n) is 2.67. The highest BCUT2D eigenvalue weighted by Gasteiger charge is 2.11. The Morgan fingerprint density at radius 2 is 1.72 bits per heavy atom. The normalized spacial score (nSPS) is 10.2. The van der Waals surface area contributed by atoms with Crippen LogP contribution in [0.15, 0.2) is 60.8 Å². The minimum Gasteiger partial charge on any atom is -0.497 e. The summed E-state index contributed by atoms with van der Waals surface area (Å²) in [6.07, 6.45) is 1.58. The number of amides is 1. The zero-order valence-corrected chi connectivity index (χ0v) is 16.6. The van der Waals surface area contributed by atoms with Crippen molar-refractivity contribution in [1.82, 2.24) is 4.98 Å². The lowest BCUT2D eigenvalue weighted by molar-refractivity contribution is 0.102. The van der Waals surface area contributed by atoms with Crippen LogP contribution in [0.2, 0.25) is 0 Å². The number of nitrogens with one attached hydrogen (secondary N) is 2. The highest BCUT2D eigenvalue weighted by atomic mass is 16.5. The van der Waals surface area contributed by atoms with Gasteiger partial charge in [-0.05, 0) is 43.3 Å². The number of aromatic nitrogens is 1. The van der Waals surface area contributed by atoms with Crippen molar-refractivity contribution in [3.05, 3.63) is 66.4 Å². The monoisotopic (exact) mass is 393 g/mol. The molecule has 2 N–H and O–H groups in total. The summed E-state index contributed by atoms with van der Waals surface area (Å²) in [6, 6.07) is 16.2. The Balaban J connectivity index is 1.70. The van der Waals surface area contributed by atoms with Crippen molar-refractivity contribution in [2.24, 2.45) is 0 Å². The maximum Gasteiger partial charge on any atom is 0.255 e. The molecule has 0 atom stereocenters. The Morgan fingerprint density at radius 1 is 1.00 bits per heavy atom. The van der Waals surface area contributed by atoms with E-state index in [-0.39, 0.29) is 5.91 Å². The molecule has 1 amide bonds. The number of nitrogens with zero attached hydrogens (tertiary/aromatic N) is 1. The Morgan fingerprint density at radius 3 is 2.34 bits per heavy atom. The van der Waals surface area contributed by atoms with Gasteiger partial charge >= 0.3 is 0 Å². The van der Waals surface area contributed by atoms with Crippen LogP contribution in [0.1, 0.15) is 17.3 Å². The summed E-state index contributed by atoms with van der Waals surface area (Å²) in [6.45, 7) is 2.51. The second-order valence-electron chi connectivity index (χ2n) is 6.04. The molecule has 7 heteroatoms. The number of rotatable bonds is 8. The molecule has 0 radical (unpaired) electrons. The third kappa shape index (κ3) is 5.16. The molecular weight excluding hydrogens is 370 g/mol. The van der Waals surface area contributed by atoms with Crippen LogP contribution in [-0.2, 0) is 0 Å². The van der Waals surface area contributed by atoms with Crippen molar-refractivity contribution in [3.8, 4) is 17.2 Å². The van der Waals surface area contributed by atoms with Crippen LogP contribution in [0.5, 0.6) is 17.2 Å². The molecule has 0 saturated carbocycles. The molecule has 0 aliphatic carbocycles. The molecular formula is C22H23N3O4. The minimum absolute atomic E-state index is 0.286. The number of para-hydroxylation sites is 2. The fourth-order valence-corrected chi connectivity index (χ4v) is 2.67. The summed E-state index contributed by atoms with van der Waals surface area (Å²) in [4.78, 5) is 16.9. The SMILES string of the molecule is CCOc1ccccc1Nc1ccc(NC(=O)c2cc(OC)cc(OC)c2)cn1. The predicted molar refractivity (Wildman–Crippen MR) is 113 cm³/mol. The van der Waals surface area contributed by atoms with Crippen LogP contribution < -0.4 is 24.8 Å². The molecule has 3 aromatic rings. The van der Waals surface area contributed by atoms with Gasteiger partial charge < -0.3 is 24.8 Å². The van der Waals surface area contributed by atoms with Gasteiger partial charge in [-0.3, -0.25) is 4.79 Å². The lowest BCUT2D eigenvalue weighted by Gasteiger charge is -2.12. The first-order valence-electron chi connectivity index (χ1n) is 9.12. The van der Waals surface area contributed by atoms with Gasteiger partial charge in [0.1, 0.15) is 23.1 Å². The van der Waals surface area contributed by atoms with Gasteiger partial charge in [0.15, 0.2) is 0 Å². The Bertz CT molecular complexity index is 952. The van der Waals surface area contributed by atoms with E-state index in [2.05, 4.69) is 15.6 Å². The zero-order chi connectivity index (χ0) is 20.6. The number of pyridine rings is 1. The van der Waals surface area contributed by atoms with E-state index < -0.39 is 0 Å². The molecule has 1 heterocycles. The first-order chi connectivity index (χ1) is 14.1. The van der Waals surface area contributed by atoms with Crippen LogP contribution in [-0.4, -0.2) is 31.7 Å². The number of ether oxygens (including phenoxy) is 3. The second kappa shape index (κ2) is 9.45. The van der Waals surface area contributed by atoms with E-state index in [9.17, 15) is 4.79 Å². The van der Waals surface area contributed by atoms with Crippen molar-refractivity contribution in [2.45, 2.75) is 6.92 Å². The molecule has 7 nitrogen and oxygen atoms in total. The van der Waals surface area contributed by atoms with Gasteiger partial charge in [0.25, 0.3) is 5.91 Å². The number of carbonyl (C=O) groups excluding carboxylic acids is 1. The molecule has 0 spiro atoms. The quantitative estimate of drug-likeness (QED) is 0.587. The Hall–Kier alpha value is -3.74. The lowest BCUT2D eigenvalue weighted by Crippen LogP contribution is -2.12. The molecule has 0 saturated heterocycles. The number of hydrogen-bond donors (Lipinski definition) is 2. The molecule has 29 heavy (non-hydrogen) atoms. The predicted octanol–water partition coefficient (Wildman–Crippen LogP) is 4.49. The number of methoxy groups -OCH3 is 2. The summed E-state index contributed by atoms with van der Waals surface area (Å²) in [5, 5.41) is 6.04. The average molecular weight is 393 g/mol. The highest BCUT2D eigenvalue weighted by molar-refractivity contribution is 6.04. The third-order valence-corrected chi connectivity index (χ3v) is 4.08. The van der Waals surface area contributed by atoms with Crippen molar-refractivity contribution in [1.29, 1.82) is 0 Å². The molecule has 0 bridgehead atoms. The van der Waals surface area contributed by atoms with Crippen LogP contribution >= 0.6 is 0 Å². The van der Waals surface area contributed by atoms with E-state index in [1.165, 1.54) is 14.2 Å². The van der Waals surface area contributed by atoms with Crippen molar-refractivity contribution in [2.75, 3.05) is 31.5 Å². The Labute approximate surface area is 169 Å². The van der Waals surface area contributed by atoms with E-state index in [1.54, 1.807) is 36.5 Å². The van der Waals surface area contributed by atoms with Gasteiger partial charge in [0.05, 0.1) is 38.4 Å². The van der Waals surface area contributed by atoms with Gasteiger partial charge in [-0.2, -0.15) is 0 Å². The summed E-state index contributed by atoms with van der Waals surface area (Å²) in [5.41, 5.74) is 1.82. The first-order valence-corrected chi connectivity index (χ1v) is 9.12. The number of anilines is 3. The molecule has 150 valence electrons. The molecule has 0 aliphatic rings. The van der Waals surface area contributed by atoms with Gasteiger partial charge in [0.2, 0.25) is 0 Å². The standard InChI is InChI=1S/C22H23N3O4/c1-4-29-20-8-6-5-7-19(20)25-21-10-9-16(14-23-21)24-22(26)15-11-17(27-2)13-18(12-15)28-3/h5-14H,4H2,1-3H3,(H,23,25)(H,24,26). The fraction of sp³-hybridized carbons (Fsp3) is 0.182. The van der Waals surface area contributed by atoms with Gasteiger partial charge in [-0.25, -0.2) is 4.98 Å². The molecule has 0 aliphatic heterocycles. The van der Waals surface area contributed by atoms with E-state index in [0.29, 0.717) is 35.2 Å². The lowest BCUT2D eigenvalue weighted by atomic mass is 10.2. The molecule has 2 aromatic carbocycles. The summed E-state index contributed by atoms with van der Waals surface area (Å²) in [5.74, 6) is 2.19. The van der Waals surface area contributed by atoms with Crippen molar-refractivity contribution >= 4 is 23.1 Å². The van der Waals surface area contributed by atoms with Crippen LogP contribution in [0, 0.1) is 0 Å². The first kappa shape index (κ1) is 20.0. The van der Waals surface area contributed by atoms with E-state index in [4.69, 9.17) is 14.2 Å². The van der Waals surface area contributed by atoms with Crippen LogP contribution in [0.3, 0.4) is 0 Å². The van der Waals surface area contributed by atoms with Crippen molar-refractivity contribution < 1.29 is 19.0 Å². The van der Waals surface area contributed by atoms with Gasteiger partial charge in [0, 0.05) is 11.6 Å². The second-order valence-corrected chi connectivity index (χ2v) is 6.04. The maximum atomic E-state index is 12.6. The maximum absolute atomic E-state index is 12.6. The van der Waals surface area contributed by atoms with E-state index in [0.717, 1.165) is 11.4 Å². The van der Waals surface area contributed by atoms with E-state index >= 15 is 0 Å². The van der Waals surface area contributed by atoms with Crippen LogP contribution in [0.4, 0.5) is 17.2 Å². The van der Waals surface area contributed by atoms with Crippen molar-refractivity contribution in [3.63, 3.8) is 0 Å². The molecule has 0 fully saturated rings. The highest BCUT2D eigenvalue weighted by Crippen LogP contribution is 2.27. The van der Waals surface area contributed by atoms with E-state index in [1.807, 2.05) is 31.2 Å². The Kier molecular flexibility index (Phi) is 6.52. The average Bonchev–Trinajstić information content (AvgIpc) is 2.76. The van der Waals surface area contributed by atoms with Gasteiger partial charge in [-0.15, -0.1) is 0 Å². The molecule has 1 aromatic heterocycles. The minimum atomic E-state index is -0.286. The van der Waals surface area contributed by atoms with Gasteiger partial charge in [-0.1, -0.05) is 12.1 Å². The molecule has 3 rings (SSSR count). The number of benzene rings is 2. The molecule has 0 unspecified atom stereocenters. The number of carbonyl (C=O) groups is 1. The smallest absolute Gasteiger partial charge is 0.255 e. The summed E-state index contributed by atoms with van der Waals surface area (Å²) < 4.78 is 16.0. The van der Waals surface area contributed by atoms with Crippen LogP contribution in [0.25, 0.3) is 0 Å². The summed E-state index contributed by atoms with van der Waals surface area (Å²) >= 11 is 0. The topological polar surface area (TPSA) is 81.7 Å². The summed E-state index contributed by atoms with van der Waals surface area (Å²) in [7, 11) is 3.08. The zero-order valence-electron chi connectivity index (χ0n) is 16.6. The number of hydrogen-bond acceptors (Lipinski definition) is 6. The largest absolute Gasteiger partial charge is 0.497 e.